The zero-order valence-electron chi connectivity index (χ0n) is 10.4. The molecule has 3 heteroatoms. The second kappa shape index (κ2) is 5.56. The van der Waals surface area contributed by atoms with Gasteiger partial charge in [-0.05, 0) is 31.1 Å². The molecule has 1 aromatic carbocycles. The van der Waals surface area contributed by atoms with Crippen molar-refractivity contribution in [3.63, 3.8) is 0 Å². The number of nitrogens with one attached hydrogen (secondary N) is 1. The predicted octanol–water partition coefficient (Wildman–Crippen LogP) is 3.13. The van der Waals surface area contributed by atoms with Gasteiger partial charge in [-0.15, -0.1) is 0 Å². The van der Waals surface area contributed by atoms with Gasteiger partial charge >= 0.3 is 0 Å². The Morgan fingerprint density at radius 1 is 1.53 bits per heavy atom. The van der Waals surface area contributed by atoms with E-state index < -0.39 is 0 Å². The highest BCUT2D eigenvalue weighted by Gasteiger charge is 2.18. The third-order valence-corrected chi connectivity index (χ3v) is 3.47. The number of halogens is 1. The Labute approximate surface area is 108 Å². The number of para-hydroxylation sites is 1. The van der Waals surface area contributed by atoms with Gasteiger partial charge in [-0.1, -0.05) is 29.8 Å². The second-order valence-electron chi connectivity index (χ2n) is 4.75. The number of nitrogens with zero attached hydrogens (tertiary/aromatic N) is 1. The van der Waals surface area contributed by atoms with Crippen molar-refractivity contribution >= 4 is 17.3 Å². The Bertz CT molecular complexity index is 414. The largest absolute Gasteiger partial charge is 0.366 e. The Balaban J connectivity index is 2.29. The molecule has 1 unspecified atom stereocenters. The monoisotopic (exact) mass is 250 g/mol. The SMILES string of the molecule is C/C(=C\Cl)CN1CC(C)NCc2ccccc21. The van der Waals surface area contributed by atoms with Crippen molar-refractivity contribution in [1.82, 2.24) is 5.32 Å². The van der Waals surface area contributed by atoms with Gasteiger partial charge in [0.1, 0.15) is 0 Å². The van der Waals surface area contributed by atoms with Crippen molar-refractivity contribution < 1.29 is 0 Å². The summed E-state index contributed by atoms with van der Waals surface area (Å²) >= 11 is 5.77. The molecule has 0 saturated heterocycles. The van der Waals surface area contributed by atoms with Crippen molar-refractivity contribution in [3.05, 3.63) is 40.9 Å². The lowest BCUT2D eigenvalue weighted by molar-refractivity contribution is 0.557. The minimum absolute atomic E-state index is 0.491. The summed E-state index contributed by atoms with van der Waals surface area (Å²) in [6.45, 7) is 7.14. The molecule has 92 valence electrons. The van der Waals surface area contributed by atoms with Gasteiger partial charge in [0.15, 0.2) is 0 Å². The summed E-state index contributed by atoms with van der Waals surface area (Å²) in [6, 6.07) is 9.06. The summed E-state index contributed by atoms with van der Waals surface area (Å²) in [6.07, 6.45) is 0. The molecule has 1 aliphatic rings. The lowest BCUT2D eigenvalue weighted by atomic mass is 10.1. The first-order chi connectivity index (χ1) is 8.20. The zero-order valence-corrected chi connectivity index (χ0v) is 11.2. The van der Waals surface area contributed by atoms with Crippen molar-refractivity contribution in [3.8, 4) is 0 Å². The van der Waals surface area contributed by atoms with Gasteiger partial charge in [-0.3, -0.25) is 0 Å². The van der Waals surface area contributed by atoms with E-state index in [2.05, 4.69) is 48.3 Å². The van der Waals surface area contributed by atoms with E-state index in [4.69, 9.17) is 11.6 Å². The molecule has 1 N–H and O–H groups in total. The smallest absolute Gasteiger partial charge is 0.0415 e. The van der Waals surface area contributed by atoms with Crippen LogP contribution in [-0.2, 0) is 6.54 Å². The Hall–Kier alpha value is -0.990. The van der Waals surface area contributed by atoms with Crippen LogP contribution < -0.4 is 10.2 Å². The molecule has 0 spiro atoms. The highest BCUT2D eigenvalue weighted by molar-refractivity contribution is 6.25. The average molecular weight is 251 g/mol. The van der Waals surface area contributed by atoms with Crippen LogP contribution in [0.2, 0.25) is 0 Å². The maximum Gasteiger partial charge on any atom is 0.0415 e. The molecule has 0 fully saturated rings. The van der Waals surface area contributed by atoms with Gasteiger partial charge in [-0.2, -0.15) is 0 Å². The standard InChI is InChI=1S/C14H19ClN2/c1-11(7-15)9-17-10-12(2)16-8-13-5-3-4-6-14(13)17/h3-7,12,16H,8-10H2,1-2H3/b11-7+. The molecule has 1 heterocycles. The van der Waals surface area contributed by atoms with E-state index in [1.165, 1.54) is 16.8 Å². The topological polar surface area (TPSA) is 15.3 Å². The summed E-state index contributed by atoms with van der Waals surface area (Å²) in [5.41, 5.74) is 5.54. The van der Waals surface area contributed by atoms with Crippen LogP contribution in [0.15, 0.2) is 35.4 Å². The molecule has 1 aromatic rings. The highest BCUT2D eigenvalue weighted by Crippen LogP contribution is 2.24. The van der Waals surface area contributed by atoms with Crippen LogP contribution in [0.5, 0.6) is 0 Å². The van der Waals surface area contributed by atoms with Crippen molar-refractivity contribution in [2.75, 3.05) is 18.0 Å². The number of hydrogen-bond donors (Lipinski definition) is 1. The predicted molar refractivity (Wildman–Crippen MR) is 74.6 cm³/mol. The quantitative estimate of drug-likeness (QED) is 0.868. The molecule has 0 saturated carbocycles. The van der Waals surface area contributed by atoms with E-state index in [0.29, 0.717) is 6.04 Å². The molecule has 17 heavy (non-hydrogen) atoms. The molecule has 0 amide bonds. The van der Waals surface area contributed by atoms with Crippen LogP contribution in [0.3, 0.4) is 0 Å². The third-order valence-electron chi connectivity index (χ3n) is 3.09. The number of fused-ring (bicyclic) bond motifs is 1. The normalized spacial score (nSPS) is 21.0. The minimum atomic E-state index is 0.491. The maximum atomic E-state index is 5.77. The van der Waals surface area contributed by atoms with Gasteiger partial charge in [0, 0.05) is 36.9 Å². The van der Waals surface area contributed by atoms with E-state index in [-0.39, 0.29) is 0 Å². The molecule has 1 atom stereocenters. The fraction of sp³-hybridized carbons (Fsp3) is 0.429. The summed E-state index contributed by atoms with van der Waals surface area (Å²) in [5, 5.41) is 3.53. The molecule has 2 rings (SSSR count). The molecule has 0 bridgehead atoms. The number of anilines is 1. The number of rotatable bonds is 2. The first kappa shape index (κ1) is 12.5. The average Bonchev–Trinajstić information content (AvgIpc) is 2.50. The van der Waals surface area contributed by atoms with Gasteiger partial charge in [0.2, 0.25) is 0 Å². The van der Waals surface area contributed by atoms with Gasteiger partial charge in [-0.25, -0.2) is 0 Å². The summed E-state index contributed by atoms with van der Waals surface area (Å²) in [4.78, 5) is 2.40. The van der Waals surface area contributed by atoms with Crippen LogP contribution in [0, 0.1) is 0 Å². The molecule has 0 radical (unpaired) electrons. The number of benzene rings is 1. The van der Waals surface area contributed by atoms with E-state index in [0.717, 1.165) is 19.6 Å². The van der Waals surface area contributed by atoms with Crippen molar-refractivity contribution in [2.24, 2.45) is 0 Å². The Morgan fingerprint density at radius 2 is 2.29 bits per heavy atom. The molecule has 0 aromatic heterocycles. The maximum absolute atomic E-state index is 5.77. The van der Waals surface area contributed by atoms with Crippen molar-refractivity contribution in [2.45, 2.75) is 26.4 Å². The van der Waals surface area contributed by atoms with Crippen LogP contribution in [0.1, 0.15) is 19.4 Å². The van der Waals surface area contributed by atoms with E-state index in [9.17, 15) is 0 Å². The van der Waals surface area contributed by atoms with Gasteiger partial charge in [0.25, 0.3) is 0 Å². The molecule has 2 nitrogen and oxygen atoms in total. The molecule has 0 aliphatic carbocycles. The summed E-state index contributed by atoms with van der Waals surface area (Å²) in [7, 11) is 0. The fourth-order valence-electron chi connectivity index (χ4n) is 2.23. The molecule has 1 aliphatic heterocycles. The first-order valence-corrected chi connectivity index (χ1v) is 6.46. The lowest BCUT2D eigenvalue weighted by Gasteiger charge is -2.26. The van der Waals surface area contributed by atoms with Crippen LogP contribution in [0.25, 0.3) is 0 Å². The number of hydrogen-bond acceptors (Lipinski definition) is 2. The molecular formula is C14H19ClN2. The van der Waals surface area contributed by atoms with Crippen LogP contribution in [-0.4, -0.2) is 19.1 Å². The Morgan fingerprint density at radius 3 is 3.06 bits per heavy atom. The molecular weight excluding hydrogens is 232 g/mol. The van der Waals surface area contributed by atoms with E-state index in [1.54, 1.807) is 5.54 Å². The van der Waals surface area contributed by atoms with Gasteiger partial charge in [0.05, 0.1) is 0 Å². The van der Waals surface area contributed by atoms with E-state index >= 15 is 0 Å². The first-order valence-electron chi connectivity index (χ1n) is 6.03. The second-order valence-corrected chi connectivity index (χ2v) is 4.96. The summed E-state index contributed by atoms with van der Waals surface area (Å²) < 4.78 is 0. The zero-order chi connectivity index (χ0) is 12.3. The fourth-order valence-corrected chi connectivity index (χ4v) is 2.30. The third kappa shape index (κ3) is 3.02. The van der Waals surface area contributed by atoms with E-state index in [1.807, 2.05) is 0 Å². The highest BCUT2D eigenvalue weighted by atomic mass is 35.5. The minimum Gasteiger partial charge on any atom is -0.366 e. The van der Waals surface area contributed by atoms with Crippen molar-refractivity contribution in [1.29, 1.82) is 0 Å². The van der Waals surface area contributed by atoms with Gasteiger partial charge < -0.3 is 10.2 Å². The lowest BCUT2D eigenvalue weighted by Crippen LogP contribution is -2.36. The van der Waals surface area contributed by atoms with Crippen LogP contribution in [0.4, 0.5) is 5.69 Å². The summed E-state index contributed by atoms with van der Waals surface area (Å²) in [5.74, 6) is 0. The van der Waals surface area contributed by atoms with Crippen LogP contribution >= 0.6 is 11.6 Å². The Kier molecular flexibility index (Phi) is 4.08.